The summed E-state index contributed by atoms with van der Waals surface area (Å²) in [5.74, 6) is -0.880. The molecule has 0 amide bonds. The lowest BCUT2D eigenvalue weighted by Gasteiger charge is -2.02. The molecule has 3 rings (SSSR count). The Morgan fingerprint density at radius 2 is 2.00 bits per heavy atom. The van der Waals surface area contributed by atoms with Crippen molar-refractivity contribution in [2.24, 2.45) is 0 Å². The van der Waals surface area contributed by atoms with E-state index in [-0.39, 0.29) is 0 Å². The lowest BCUT2D eigenvalue weighted by atomic mass is 10.1. The van der Waals surface area contributed by atoms with Gasteiger partial charge in [0, 0.05) is 16.0 Å². The molecule has 0 aliphatic carbocycles. The predicted molar refractivity (Wildman–Crippen MR) is 76.8 cm³/mol. The molecule has 0 aliphatic heterocycles. The van der Waals surface area contributed by atoms with Gasteiger partial charge in [-0.3, -0.25) is 4.98 Å². The molecule has 2 heterocycles. The number of aromatic nitrogens is 1. The fraction of sp³-hybridized carbons (Fsp3) is 0.0667. The first-order chi connectivity index (χ1) is 9.13. The molecule has 0 spiro atoms. The van der Waals surface area contributed by atoms with Crippen LogP contribution in [0.5, 0.6) is 0 Å². The molecule has 1 N–H and O–H groups in total. The van der Waals surface area contributed by atoms with Crippen LogP contribution in [0.1, 0.15) is 15.4 Å². The highest BCUT2D eigenvalue weighted by Gasteiger charge is 2.08. The van der Waals surface area contributed by atoms with Gasteiger partial charge in [-0.25, -0.2) is 4.79 Å². The molecule has 0 saturated heterocycles. The Morgan fingerprint density at radius 3 is 2.74 bits per heavy atom. The van der Waals surface area contributed by atoms with Crippen LogP contribution in [0.25, 0.3) is 21.3 Å². The van der Waals surface area contributed by atoms with Gasteiger partial charge in [0.1, 0.15) is 4.88 Å². The van der Waals surface area contributed by atoms with E-state index in [0.29, 0.717) is 4.88 Å². The van der Waals surface area contributed by atoms with E-state index in [1.54, 1.807) is 6.07 Å². The van der Waals surface area contributed by atoms with Crippen LogP contribution >= 0.6 is 11.3 Å². The molecule has 0 fully saturated rings. The predicted octanol–water partition coefficient (Wildman–Crippen LogP) is 3.97. The summed E-state index contributed by atoms with van der Waals surface area (Å²) >= 11 is 1.29. The van der Waals surface area contributed by atoms with E-state index in [2.05, 4.69) is 4.98 Å². The van der Waals surface area contributed by atoms with Crippen LogP contribution in [0.4, 0.5) is 0 Å². The van der Waals surface area contributed by atoms with E-state index < -0.39 is 5.97 Å². The minimum absolute atomic E-state index is 0.358. The molecule has 3 nitrogen and oxygen atoms in total. The Hall–Kier alpha value is -2.20. The number of carbonyl (C=O) groups is 1. The van der Waals surface area contributed by atoms with Gasteiger partial charge in [0.15, 0.2) is 0 Å². The first-order valence-corrected chi connectivity index (χ1v) is 6.66. The topological polar surface area (TPSA) is 50.2 Å². The van der Waals surface area contributed by atoms with Gasteiger partial charge < -0.3 is 5.11 Å². The van der Waals surface area contributed by atoms with Crippen molar-refractivity contribution in [1.29, 1.82) is 0 Å². The molecule has 0 saturated carbocycles. The summed E-state index contributed by atoms with van der Waals surface area (Å²) in [5, 5.41) is 10.0. The molecule has 3 aromatic rings. The fourth-order valence-corrected chi connectivity index (χ4v) is 2.83. The second-order valence-corrected chi connectivity index (χ2v) is 5.41. The molecule has 94 valence electrons. The van der Waals surface area contributed by atoms with Gasteiger partial charge in [-0.1, -0.05) is 12.1 Å². The molecule has 1 aromatic carbocycles. The maximum atomic E-state index is 10.9. The van der Waals surface area contributed by atoms with E-state index in [4.69, 9.17) is 5.11 Å². The highest BCUT2D eigenvalue weighted by molar-refractivity contribution is 7.17. The van der Waals surface area contributed by atoms with Gasteiger partial charge in [0.05, 0.1) is 5.52 Å². The average molecular weight is 269 g/mol. The summed E-state index contributed by atoms with van der Waals surface area (Å²) in [6.07, 6.45) is 0. The monoisotopic (exact) mass is 269 g/mol. The maximum Gasteiger partial charge on any atom is 0.345 e. The van der Waals surface area contributed by atoms with Crippen molar-refractivity contribution in [3.63, 3.8) is 0 Å². The third kappa shape index (κ3) is 2.22. The number of thiophene rings is 1. The number of aryl methyl sites for hydroxylation is 1. The summed E-state index contributed by atoms with van der Waals surface area (Å²) in [6.45, 7) is 1.96. The summed E-state index contributed by atoms with van der Waals surface area (Å²) in [7, 11) is 0. The molecule has 0 unspecified atom stereocenters. The quantitative estimate of drug-likeness (QED) is 0.765. The summed E-state index contributed by atoms with van der Waals surface area (Å²) < 4.78 is 0. The largest absolute Gasteiger partial charge is 0.477 e. The Balaban J connectivity index is 2.09. The molecule has 0 atom stereocenters. The Labute approximate surface area is 114 Å². The molecular weight excluding hydrogens is 258 g/mol. The minimum Gasteiger partial charge on any atom is -0.477 e. The highest BCUT2D eigenvalue weighted by atomic mass is 32.1. The number of carboxylic acid groups (broad SMARTS) is 1. The zero-order valence-corrected chi connectivity index (χ0v) is 11.1. The number of hydrogen-bond donors (Lipinski definition) is 1. The minimum atomic E-state index is -0.880. The third-order valence-electron chi connectivity index (χ3n) is 2.93. The fourth-order valence-electron chi connectivity index (χ4n) is 1.99. The van der Waals surface area contributed by atoms with Crippen LogP contribution in [-0.4, -0.2) is 16.1 Å². The summed E-state index contributed by atoms with van der Waals surface area (Å²) in [5.41, 5.74) is 2.97. The van der Waals surface area contributed by atoms with E-state index in [0.717, 1.165) is 27.0 Å². The van der Waals surface area contributed by atoms with Gasteiger partial charge in [-0.2, -0.15) is 0 Å². The maximum absolute atomic E-state index is 10.9. The Bertz CT molecular complexity index is 777. The average Bonchev–Trinajstić information content (AvgIpc) is 2.88. The molecule has 0 bridgehead atoms. The second-order valence-electron chi connectivity index (χ2n) is 4.33. The lowest BCUT2D eigenvalue weighted by molar-refractivity contribution is 0.0702. The van der Waals surface area contributed by atoms with Crippen molar-refractivity contribution in [2.45, 2.75) is 6.92 Å². The first kappa shape index (κ1) is 11.9. The molecule has 2 aromatic heterocycles. The van der Waals surface area contributed by atoms with Crippen molar-refractivity contribution >= 4 is 28.2 Å². The highest BCUT2D eigenvalue weighted by Crippen LogP contribution is 2.30. The van der Waals surface area contributed by atoms with Crippen molar-refractivity contribution < 1.29 is 9.90 Å². The molecule has 0 aliphatic rings. The van der Waals surface area contributed by atoms with Crippen molar-refractivity contribution in [3.05, 3.63) is 53.0 Å². The van der Waals surface area contributed by atoms with Crippen LogP contribution in [0.15, 0.2) is 42.5 Å². The summed E-state index contributed by atoms with van der Waals surface area (Å²) in [6, 6.07) is 13.5. The Morgan fingerprint density at radius 1 is 1.16 bits per heavy atom. The molecule has 4 heteroatoms. The van der Waals surface area contributed by atoms with Gasteiger partial charge in [0.2, 0.25) is 0 Å². The second kappa shape index (κ2) is 4.48. The molecular formula is C15H11NO2S. The number of nitrogens with zero attached hydrogens (tertiary/aromatic N) is 1. The number of rotatable bonds is 2. The number of benzene rings is 1. The van der Waals surface area contributed by atoms with E-state index in [1.165, 1.54) is 11.3 Å². The van der Waals surface area contributed by atoms with Gasteiger partial charge in [0.25, 0.3) is 0 Å². The number of hydrogen-bond acceptors (Lipinski definition) is 3. The standard InChI is InChI=1S/C15H11NO2S/c1-9-2-3-10-8-11(4-5-12(10)16-9)13-6-7-14(19-13)15(17)18/h2-8H,1H3,(H,17,18). The number of fused-ring (bicyclic) bond motifs is 1. The molecule has 0 radical (unpaired) electrons. The van der Waals surface area contributed by atoms with Gasteiger partial charge in [-0.15, -0.1) is 11.3 Å². The summed E-state index contributed by atoms with van der Waals surface area (Å²) in [4.78, 5) is 16.7. The van der Waals surface area contributed by atoms with Crippen LogP contribution in [0.2, 0.25) is 0 Å². The SMILES string of the molecule is Cc1ccc2cc(-c3ccc(C(=O)O)s3)ccc2n1. The lowest BCUT2D eigenvalue weighted by Crippen LogP contribution is -1.89. The van der Waals surface area contributed by atoms with E-state index in [9.17, 15) is 4.79 Å². The van der Waals surface area contributed by atoms with Crippen LogP contribution in [0.3, 0.4) is 0 Å². The molecule has 19 heavy (non-hydrogen) atoms. The number of carboxylic acids is 1. The third-order valence-corrected chi connectivity index (χ3v) is 4.05. The van der Waals surface area contributed by atoms with Crippen LogP contribution < -0.4 is 0 Å². The van der Waals surface area contributed by atoms with Gasteiger partial charge in [-0.05, 0) is 42.8 Å². The van der Waals surface area contributed by atoms with E-state index in [1.807, 2.05) is 43.3 Å². The normalized spacial score (nSPS) is 10.8. The van der Waals surface area contributed by atoms with Crippen LogP contribution in [0, 0.1) is 6.92 Å². The van der Waals surface area contributed by atoms with Gasteiger partial charge >= 0.3 is 5.97 Å². The number of pyridine rings is 1. The van der Waals surface area contributed by atoms with Crippen molar-refractivity contribution in [3.8, 4) is 10.4 Å². The zero-order chi connectivity index (χ0) is 13.4. The van der Waals surface area contributed by atoms with Crippen molar-refractivity contribution in [2.75, 3.05) is 0 Å². The smallest absolute Gasteiger partial charge is 0.345 e. The first-order valence-electron chi connectivity index (χ1n) is 5.84. The zero-order valence-electron chi connectivity index (χ0n) is 10.3. The van der Waals surface area contributed by atoms with Crippen LogP contribution in [-0.2, 0) is 0 Å². The van der Waals surface area contributed by atoms with E-state index >= 15 is 0 Å². The Kier molecular flexibility index (Phi) is 2.80. The van der Waals surface area contributed by atoms with Crippen molar-refractivity contribution in [1.82, 2.24) is 4.98 Å². The number of aromatic carboxylic acids is 1.